The van der Waals surface area contributed by atoms with Crippen LogP contribution in [0.4, 0.5) is 0 Å². The van der Waals surface area contributed by atoms with Crippen molar-refractivity contribution >= 4 is 5.91 Å². The van der Waals surface area contributed by atoms with E-state index in [1.54, 1.807) is 7.11 Å². The normalized spacial score (nSPS) is 18.2. The molecule has 1 aliphatic rings. The second-order valence-electron chi connectivity index (χ2n) is 5.90. The third kappa shape index (κ3) is 4.43. The lowest BCUT2D eigenvalue weighted by molar-refractivity contribution is -0.124. The van der Waals surface area contributed by atoms with Crippen LogP contribution in [-0.4, -0.2) is 52.5 Å². The topological polar surface area (TPSA) is 82.8 Å². The summed E-state index contributed by atoms with van der Waals surface area (Å²) in [5.41, 5.74) is 6.84. The molecule has 128 valence electrons. The van der Waals surface area contributed by atoms with Gasteiger partial charge in [0.05, 0.1) is 13.7 Å². The number of carbonyl (C=O) groups is 1. The first-order valence-corrected chi connectivity index (χ1v) is 7.86. The van der Waals surface area contributed by atoms with Crippen LogP contribution >= 0.6 is 0 Å². The van der Waals surface area contributed by atoms with Gasteiger partial charge in [-0.05, 0) is 30.5 Å². The Hall–Kier alpha value is -1.63. The van der Waals surface area contributed by atoms with Crippen LogP contribution in [0.3, 0.4) is 0 Å². The highest BCUT2D eigenvalue weighted by Crippen LogP contribution is 2.35. The van der Waals surface area contributed by atoms with Gasteiger partial charge in [-0.15, -0.1) is 0 Å². The van der Waals surface area contributed by atoms with Crippen LogP contribution in [0.25, 0.3) is 0 Å². The van der Waals surface area contributed by atoms with E-state index < -0.39 is 6.04 Å². The summed E-state index contributed by atoms with van der Waals surface area (Å²) in [6, 6.07) is 7.38. The van der Waals surface area contributed by atoms with E-state index in [1.807, 2.05) is 12.1 Å². The molecule has 1 unspecified atom stereocenters. The Kier molecular flexibility index (Phi) is 6.38. The van der Waals surface area contributed by atoms with Gasteiger partial charge in [0.25, 0.3) is 0 Å². The SMILES string of the molecule is COCC(N)C(=O)NCC1(c2ccc(OC)cc2)CCOCC1. The summed E-state index contributed by atoms with van der Waals surface area (Å²) < 4.78 is 15.7. The van der Waals surface area contributed by atoms with E-state index in [0.717, 1.165) is 18.6 Å². The van der Waals surface area contributed by atoms with E-state index in [2.05, 4.69) is 17.4 Å². The van der Waals surface area contributed by atoms with Gasteiger partial charge in [0, 0.05) is 32.3 Å². The fraction of sp³-hybridized carbons (Fsp3) is 0.588. The second kappa shape index (κ2) is 8.29. The molecule has 0 radical (unpaired) electrons. The van der Waals surface area contributed by atoms with Crippen molar-refractivity contribution in [3.05, 3.63) is 29.8 Å². The Bertz CT molecular complexity index is 498. The Balaban J connectivity index is 2.10. The van der Waals surface area contributed by atoms with Crippen LogP contribution in [0, 0.1) is 0 Å². The molecule has 3 N–H and O–H groups in total. The van der Waals surface area contributed by atoms with Gasteiger partial charge in [-0.1, -0.05) is 12.1 Å². The summed E-state index contributed by atoms with van der Waals surface area (Å²) in [4.78, 5) is 12.1. The molecule has 1 aromatic rings. The number of carbonyl (C=O) groups excluding carboxylic acids is 1. The first-order valence-electron chi connectivity index (χ1n) is 7.86. The Labute approximate surface area is 137 Å². The molecule has 1 fully saturated rings. The van der Waals surface area contributed by atoms with E-state index in [9.17, 15) is 4.79 Å². The molecule has 6 heteroatoms. The largest absolute Gasteiger partial charge is 0.497 e. The average Bonchev–Trinajstić information content (AvgIpc) is 2.60. The Morgan fingerprint density at radius 3 is 2.52 bits per heavy atom. The van der Waals surface area contributed by atoms with Crippen LogP contribution in [0.1, 0.15) is 18.4 Å². The molecular formula is C17H26N2O4. The number of amides is 1. The number of rotatable bonds is 7. The first-order chi connectivity index (χ1) is 11.1. The summed E-state index contributed by atoms with van der Waals surface area (Å²) in [5.74, 6) is 0.633. The molecule has 0 bridgehead atoms. The fourth-order valence-corrected chi connectivity index (χ4v) is 2.92. The number of hydrogen-bond donors (Lipinski definition) is 2. The predicted molar refractivity (Wildman–Crippen MR) is 87.6 cm³/mol. The summed E-state index contributed by atoms with van der Waals surface area (Å²) >= 11 is 0. The first kappa shape index (κ1) is 17.7. The molecular weight excluding hydrogens is 296 g/mol. The molecule has 1 saturated heterocycles. The van der Waals surface area contributed by atoms with Crippen molar-refractivity contribution in [2.75, 3.05) is 40.6 Å². The standard InChI is InChI=1S/C17H26N2O4/c1-21-11-15(18)16(20)19-12-17(7-9-23-10-8-17)13-3-5-14(22-2)6-4-13/h3-6,15H,7-12,18H2,1-2H3,(H,19,20). The van der Waals surface area contributed by atoms with E-state index in [0.29, 0.717) is 19.8 Å². The van der Waals surface area contributed by atoms with Crippen molar-refractivity contribution in [3.63, 3.8) is 0 Å². The van der Waals surface area contributed by atoms with Crippen LogP contribution in [0.5, 0.6) is 5.75 Å². The van der Waals surface area contributed by atoms with Crippen molar-refractivity contribution in [2.24, 2.45) is 5.73 Å². The lowest BCUT2D eigenvalue weighted by Crippen LogP contribution is -2.50. The highest BCUT2D eigenvalue weighted by molar-refractivity contribution is 5.81. The van der Waals surface area contributed by atoms with Crippen LogP contribution in [-0.2, 0) is 19.7 Å². The summed E-state index contributed by atoms with van der Waals surface area (Å²) in [6.07, 6.45) is 1.72. The summed E-state index contributed by atoms with van der Waals surface area (Å²) in [7, 11) is 3.18. The van der Waals surface area contributed by atoms with Crippen molar-refractivity contribution in [1.82, 2.24) is 5.32 Å². The van der Waals surface area contributed by atoms with Crippen molar-refractivity contribution in [1.29, 1.82) is 0 Å². The van der Waals surface area contributed by atoms with Gasteiger partial charge in [-0.25, -0.2) is 0 Å². The smallest absolute Gasteiger partial charge is 0.239 e. The van der Waals surface area contributed by atoms with E-state index in [-0.39, 0.29) is 17.9 Å². The van der Waals surface area contributed by atoms with Crippen molar-refractivity contribution < 1.29 is 19.0 Å². The van der Waals surface area contributed by atoms with Crippen LogP contribution < -0.4 is 15.8 Å². The summed E-state index contributed by atoms with van der Waals surface area (Å²) in [6.45, 7) is 2.13. The van der Waals surface area contributed by atoms with Gasteiger partial charge < -0.3 is 25.3 Å². The highest BCUT2D eigenvalue weighted by Gasteiger charge is 2.35. The maximum Gasteiger partial charge on any atom is 0.239 e. The van der Waals surface area contributed by atoms with Gasteiger partial charge in [0.1, 0.15) is 11.8 Å². The van der Waals surface area contributed by atoms with Gasteiger partial charge in [0.2, 0.25) is 5.91 Å². The fourth-order valence-electron chi connectivity index (χ4n) is 2.92. The minimum Gasteiger partial charge on any atom is -0.497 e. The number of nitrogens with one attached hydrogen (secondary N) is 1. The van der Waals surface area contributed by atoms with Gasteiger partial charge in [-0.3, -0.25) is 4.79 Å². The monoisotopic (exact) mass is 322 g/mol. The third-order valence-electron chi connectivity index (χ3n) is 4.44. The molecule has 23 heavy (non-hydrogen) atoms. The Morgan fingerprint density at radius 1 is 1.30 bits per heavy atom. The quantitative estimate of drug-likeness (QED) is 0.777. The molecule has 0 aliphatic carbocycles. The van der Waals surface area contributed by atoms with Crippen LogP contribution in [0.2, 0.25) is 0 Å². The van der Waals surface area contributed by atoms with E-state index in [4.69, 9.17) is 19.9 Å². The number of nitrogens with two attached hydrogens (primary N) is 1. The average molecular weight is 322 g/mol. The van der Waals surface area contributed by atoms with Crippen molar-refractivity contribution in [3.8, 4) is 5.75 Å². The molecule has 1 atom stereocenters. The lowest BCUT2D eigenvalue weighted by atomic mass is 9.74. The van der Waals surface area contributed by atoms with Gasteiger partial charge in [0.15, 0.2) is 0 Å². The Morgan fingerprint density at radius 2 is 1.96 bits per heavy atom. The number of ether oxygens (including phenoxy) is 3. The second-order valence-corrected chi connectivity index (χ2v) is 5.90. The number of methoxy groups -OCH3 is 2. The van der Waals surface area contributed by atoms with Gasteiger partial charge >= 0.3 is 0 Å². The lowest BCUT2D eigenvalue weighted by Gasteiger charge is -2.38. The molecule has 1 heterocycles. The zero-order valence-electron chi connectivity index (χ0n) is 13.8. The summed E-state index contributed by atoms with van der Waals surface area (Å²) in [5, 5.41) is 2.97. The molecule has 1 aromatic carbocycles. The minimum absolute atomic E-state index is 0.132. The highest BCUT2D eigenvalue weighted by atomic mass is 16.5. The molecule has 0 aromatic heterocycles. The van der Waals surface area contributed by atoms with Gasteiger partial charge in [-0.2, -0.15) is 0 Å². The van der Waals surface area contributed by atoms with E-state index >= 15 is 0 Å². The van der Waals surface area contributed by atoms with Crippen molar-refractivity contribution in [2.45, 2.75) is 24.3 Å². The zero-order valence-corrected chi connectivity index (χ0v) is 13.8. The third-order valence-corrected chi connectivity index (χ3v) is 4.44. The zero-order chi connectivity index (χ0) is 16.7. The maximum atomic E-state index is 12.1. The molecule has 6 nitrogen and oxygen atoms in total. The minimum atomic E-state index is -0.646. The van der Waals surface area contributed by atoms with Crippen LogP contribution in [0.15, 0.2) is 24.3 Å². The van der Waals surface area contributed by atoms with E-state index in [1.165, 1.54) is 12.7 Å². The predicted octanol–water partition coefficient (Wildman–Crippen LogP) is 0.833. The number of hydrogen-bond acceptors (Lipinski definition) is 5. The number of benzene rings is 1. The molecule has 1 amide bonds. The molecule has 1 aliphatic heterocycles. The molecule has 2 rings (SSSR count). The molecule has 0 spiro atoms. The maximum absolute atomic E-state index is 12.1. The molecule has 0 saturated carbocycles.